The number of anilines is 1. The first-order valence-electron chi connectivity index (χ1n) is 12.1. The number of hydrogen-bond acceptors (Lipinski definition) is 5. The Labute approximate surface area is 220 Å². The van der Waals surface area contributed by atoms with Crippen LogP contribution in [0, 0.1) is 5.82 Å². The number of sulfonamides is 1. The van der Waals surface area contributed by atoms with Crippen molar-refractivity contribution in [1.29, 1.82) is 0 Å². The van der Waals surface area contributed by atoms with Crippen LogP contribution in [0.4, 0.5) is 10.1 Å². The van der Waals surface area contributed by atoms with E-state index in [-0.39, 0.29) is 18.7 Å². The predicted octanol–water partition coefficient (Wildman–Crippen LogP) is 5.38. The first kappa shape index (κ1) is 25.4. The van der Waals surface area contributed by atoms with Gasteiger partial charge in [0.2, 0.25) is 0 Å². The second kappa shape index (κ2) is 10.6. The SMILES string of the molecule is O=C(O)c1ccc(COc2cc3c(cc2N(Cc2ccccn2)S(=O)(=O)c2ccccc2F)CCC3)cc1. The van der Waals surface area contributed by atoms with Crippen LogP contribution in [0.1, 0.15) is 39.2 Å². The number of benzene rings is 3. The van der Waals surface area contributed by atoms with E-state index in [1.54, 1.807) is 36.5 Å². The van der Waals surface area contributed by atoms with Crippen molar-refractivity contribution in [3.05, 3.63) is 119 Å². The van der Waals surface area contributed by atoms with Crippen LogP contribution in [-0.2, 0) is 36.0 Å². The third kappa shape index (κ3) is 5.24. The lowest BCUT2D eigenvalue weighted by Gasteiger charge is -2.27. The molecule has 0 spiro atoms. The van der Waals surface area contributed by atoms with Crippen molar-refractivity contribution in [3.8, 4) is 5.75 Å². The highest BCUT2D eigenvalue weighted by atomic mass is 32.2. The van der Waals surface area contributed by atoms with Crippen LogP contribution in [-0.4, -0.2) is 24.5 Å². The number of carboxylic acid groups (broad SMARTS) is 1. The van der Waals surface area contributed by atoms with E-state index in [2.05, 4.69) is 4.98 Å². The van der Waals surface area contributed by atoms with Crippen LogP contribution in [0.15, 0.2) is 90.0 Å². The number of ether oxygens (including phenoxy) is 1. The van der Waals surface area contributed by atoms with Gasteiger partial charge in [-0.25, -0.2) is 17.6 Å². The molecular formula is C29H25FN2O5S. The molecule has 0 unspecified atom stereocenters. The molecule has 0 amide bonds. The zero-order valence-corrected chi connectivity index (χ0v) is 21.2. The van der Waals surface area contributed by atoms with Gasteiger partial charge in [0, 0.05) is 6.20 Å². The van der Waals surface area contributed by atoms with Crippen LogP contribution in [0.25, 0.3) is 0 Å². The molecule has 0 saturated carbocycles. The summed E-state index contributed by atoms with van der Waals surface area (Å²) in [6.07, 6.45) is 4.16. The number of aromatic carboxylic acids is 1. The molecular weight excluding hydrogens is 507 g/mol. The highest BCUT2D eigenvalue weighted by Gasteiger charge is 2.31. The first-order valence-corrected chi connectivity index (χ1v) is 13.5. The van der Waals surface area contributed by atoms with Crippen molar-refractivity contribution in [2.24, 2.45) is 0 Å². The summed E-state index contributed by atoms with van der Waals surface area (Å²) in [5, 5.41) is 9.16. The molecule has 0 atom stereocenters. The van der Waals surface area contributed by atoms with Gasteiger partial charge in [0.15, 0.2) is 0 Å². The van der Waals surface area contributed by atoms with E-state index in [0.29, 0.717) is 17.1 Å². The van der Waals surface area contributed by atoms with Crippen LogP contribution in [0.2, 0.25) is 0 Å². The Hall–Kier alpha value is -4.24. The van der Waals surface area contributed by atoms with Crippen LogP contribution in [0.3, 0.4) is 0 Å². The summed E-state index contributed by atoms with van der Waals surface area (Å²) in [6, 6.07) is 20.4. The Morgan fingerprint density at radius 1 is 0.974 bits per heavy atom. The van der Waals surface area contributed by atoms with Gasteiger partial charge in [-0.1, -0.05) is 30.3 Å². The second-order valence-electron chi connectivity index (χ2n) is 9.00. The largest absolute Gasteiger partial charge is 0.487 e. The molecule has 0 saturated heterocycles. The normalized spacial score (nSPS) is 12.7. The van der Waals surface area contributed by atoms with Crippen molar-refractivity contribution in [3.63, 3.8) is 0 Å². The van der Waals surface area contributed by atoms with Gasteiger partial charge in [0.1, 0.15) is 23.1 Å². The number of carboxylic acids is 1. The van der Waals surface area contributed by atoms with Gasteiger partial charge in [-0.3, -0.25) is 9.29 Å². The molecule has 0 aliphatic heterocycles. The number of aromatic nitrogens is 1. The molecule has 3 aromatic carbocycles. The average Bonchev–Trinajstić information content (AvgIpc) is 3.38. The van der Waals surface area contributed by atoms with E-state index in [9.17, 15) is 17.6 Å². The van der Waals surface area contributed by atoms with Gasteiger partial charge >= 0.3 is 5.97 Å². The zero-order chi connectivity index (χ0) is 26.7. The Kier molecular flexibility index (Phi) is 7.11. The van der Waals surface area contributed by atoms with Crippen molar-refractivity contribution in [2.75, 3.05) is 4.31 Å². The lowest BCUT2D eigenvalue weighted by Crippen LogP contribution is -2.32. The van der Waals surface area contributed by atoms with Gasteiger partial charge in [-0.2, -0.15) is 0 Å². The molecule has 0 bridgehead atoms. The van der Waals surface area contributed by atoms with E-state index in [4.69, 9.17) is 9.84 Å². The van der Waals surface area contributed by atoms with Gasteiger partial charge in [0.25, 0.3) is 10.0 Å². The Morgan fingerprint density at radius 2 is 1.68 bits per heavy atom. The molecule has 5 rings (SSSR count). The first-order chi connectivity index (χ1) is 18.3. The summed E-state index contributed by atoms with van der Waals surface area (Å²) in [7, 11) is -4.35. The number of carbonyl (C=O) groups is 1. The quantitative estimate of drug-likeness (QED) is 0.311. The predicted molar refractivity (Wildman–Crippen MR) is 140 cm³/mol. The molecule has 9 heteroatoms. The molecule has 4 aromatic rings. The molecule has 1 heterocycles. The Balaban J connectivity index is 1.58. The lowest BCUT2D eigenvalue weighted by molar-refractivity contribution is 0.0696. The summed E-state index contributed by atoms with van der Waals surface area (Å²) < 4.78 is 50.0. The van der Waals surface area contributed by atoms with Gasteiger partial charge in [-0.15, -0.1) is 0 Å². The number of fused-ring (bicyclic) bond motifs is 1. The third-order valence-corrected chi connectivity index (χ3v) is 8.27. The molecule has 7 nitrogen and oxygen atoms in total. The maximum atomic E-state index is 14.8. The molecule has 1 N–H and O–H groups in total. The number of rotatable bonds is 9. The van der Waals surface area contributed by atoms with Crippen molar-refractivity contribution >= 4 is 21.7 Å². The van der Waals surface area contributed by atoms with E-state index in [0.717, 1.165) is 46.3 Å². The fourth-order valence-corrected chi connectivity index (χ4v) is 6.02. The number of hydrogen-bond donors (Lipinski definition) is 1. The molecule has 1 aromatic heterocycles. The minimum atomic E-state index is -4.35. The molecule has 0 radical (unpaired) electrons. The Bertz CT molecular complexity index is 1570. The lowest BCUT2D eigenvalue weighted by atomic mass is 10.1. The fraction of sp³-hybridized carbons (Fsp3) is 0.172. The van der Waals surface area contributed by atoms with Crippen molar-refractivity contribution in [1.82, 2.24) is 4.98 Å². The molecule has 0 fully saturated rings. The minimum Gasteiger partial charge on any atom is -0.487 e. The number of halogens is 1. The Morgan fingerprint density at radius 3 is 2.37 bits per heavy atom. The summed E-state index contributed by atoms with van der Waals surface area (Å²) in [5.74, 6) is -1.54. The fourth-order valence-electron chi connectivity index (χ4n) is 4.51. The molecule has 1 aliphatic carbocycles. The monoisotopic (exact) mass is 532 g/mol. The number of nitrogens with zero attached hydrogens (tertiary/aromatic N) is 2. The average molecular weight is 533 g/mol. The van der Waals surface area contributed by atoms with Gasteiger partial charge in [0.05, 0.1) is 23.5 Å². The second-order valence-corrected chi connectivity index (χ2v) is 10.8. The minimum absolute atomic E-state index is 0.0862. The third-order valence-electron chi connectivity index (χ3n) is 6.47. The topological polar surface area (TPSA) is 96.8 Å². The maximum absolute atomic E-state index is 14.8. The summed E-state index contributed by atoms with van der Waals surface area (Å²) >= 11 is 0. The summed E-state index contributed by atoms with van der Waals surface area (Å²) in [6.45, 7) is -0.0389. The van der Waals surface area contributed by atoms with Crippen LogP contribution < -0.4 is 9.04 Å². The van der Waals surface area contributed by atoms with Crippen LogP contribution in [0.5, 0.6) is 5.75 Å². The number of aryl methyl sites for hydroxylation is 2. The maximum Gasteiger partial charge on any atom is 0.335 e. The summed E-state index contributed by atoms with van der Waals surface area (Å²) in [4.78, 5) is 15.0. The van der Waals surface area contributed by atoms with E-state index in [1.807, 2.05) is 12.1 Å². The van der Waals surface area contributed by atoms with Crippen molar-refractivity contribution < 1.29 is 27.4 Å². The highest BCUT2D eigenvalue weighted by molar-refractivity contribution is 7.92. The summed E-state index contributed by atoms with van der Waals surface area (Å²) in [5.41, 5.74) is 3.75. The van der Waals surface area contributed by atoms with Crippen molar-refractivity contribution in [2.45, 2.75) is 37.3 Å². The zero-order valence-electron chi connectivity index (χ0n) is 20.4. The smallest absolute Gasteiger partial charge is 0.335 e. The van der Waals surface area contributed by atoms with Gasteiger partial charge in [-0.05, 0) is 84.5 Å². The van der Waals surface area contributed by atoms with E-state index >= 15 is 0 Å². The van der Waals surface area contributed by atoms with Crippen LogP contribution >= 0.6 is 0 Å². The molecule has 38 heavy (non-hydrogen) atoms. The number of pyridine rings is 1. The molecule has 1 aliphatic rings. The van der Waals surface area contributed by atoms with Gasteiger partial charge < -0.3 is 9.84 Å². The standard InChI is InChI=1S/C29H25FN2O5S/c30-25-9-1-2-10-28(25)38(35,36)32(18-24-8-3-4-15-31-24)26-16-22-6-5-7-23(22)17-27(26)37-19-20-11-13-21(14-12-20)29(33)34/h1-4,8-17H,5-7,18-19H2,(H,33,34). The highest BCUT2D eigenvalue weighted by Crippen LogP contribution is 2.39. The van der Waals surface area contributed by atoms with E-state index < -0.39 is 26.7 Å². The molecule has 194 valence electrons. The van der Waals surface area contributed by atoms with E-state index in [1.165, 1.54) is 30.3 Å².